The van der Waals surface area contributed by atoms with Gasteiger partial charge in [0.15, 0.2) is 16.3 Å². The molecule has 0 bridgehead atoms. The standard InChI is InChI=1S/C21H20N4O2S/c1-14-7-6-10-16(11-14)13-28-21-22-18-17(19(26)23-20(27)24(18)2)25(21)12-15-8-4-3-5-9-15/h3-11H,12-13H2,1-2H3,(H,23,26,27). The van der Waals surface area contributed by atoms with E-state index in [4.69, 9.17) is 0 Å². The Labute approximate surface area is 165 Å². The predicted molar refractivity (Wildman–Crippen MR) is 112 cm³/mol. The molecule has 28 heavy (non-hydrogen) atoms. The van der Waals surface area contributed by atoms with Crippen LogP contribution in [0.25, 0.3) is 11.2 Å². The summed E-state index contributed by atoms with van der Waals surface area (Å²) in [6.07, 6.45) is 0. The van der Waals surface area contributed by atoms with Gasteiger partial charge in [-0.15, -0.1) is 0 Å². The first kappa shape index (κ1) is 18.3. The molecule has 2 heterocycles. The molecule has 1 N–H and O–H groups in total. The second-order valence-corrected chi connectivity index (χ2v) is 7.68. The van der Waals surface area contributed by atoms with Gasteiger partial charge in [0, 0.05) is 12.8 Å². The van der Waals surface area contributed by atoms with E-state index in [0.717, 1.165) is 11.3 Å². The van der Waals surface area contributed by atoms with Crippen LogP contribution in [0.5, 0.6) is 0 Å². The van der Waals surface area contributed by atoms with Gasteiger partial charge in [0.1, 0.15) is 0 Å². The number of hydrogen-bond acceptors (Lipinski definition) is 4. The van der Waals surface area contributed by atoms with Crippen molar-refractivity contribution >= 4 is 22.9 Å². The Kier molecular flexibility index (Phi) is 4.92. The number of imidazole rings is 1. The van der Waals surface area contributed by atoms with Gasteiger partial charge in [0.05, 0.1) is 6.54 Å². The highest BCUT2D eigenvalue weighted by atomic mass is 32.2. The smallest absolute Gasteiger partial charge is 0.309 e. The minimum Gasteiger partial charge on any atom is -0.309 e. The average Bonchev–Trinajstić information content (AvgIpc) is 3.04. The number of fused-ring (bicyclic) bond motifs is 1. The first-order valence-corrected chi connectivity index (χ1v) is 9.93. The van der Waals surface area contributed by atoms with E-state index in [1.807, 2.05) is 41.0 Å². The molecule has 4 aromatic rings. The fourth-order valence-corrected chi connectivity index (χ4v) is 4.13. The number of hydrogen-bond donors (Lipinski definition) is 1. The lowest BCUT2D eigenvalue weighted by Crippen LogP contribution is -2.29. The van der Waals surface area contributed by atoms with Crippen LogP contribution in [0.4, 0.5) is 0 Å². The van der Waals surface area contributed by atoms with Gasteiger partial charge in [-0.25, -0.2) is 9.78 Å². The summed E-state index contributed by atoms with van der Waals surface area (Å²) in [4.78, 5) is 31.6. The van der Waals surface area contributed by atoms with Crippen LogP contribution < -0.4 is 11.2 Å². The summed E-state index contributed by atoms with van der Waals surface area (Å²) in [6.45, 7) is 2.57. The number of rotatable bonds is 5. The van der Waals surface area contributed by atoms with E-state index < -0.39 is 11.2 Å². The van der Waals surface area contributed by atoms with Crippen LogP contribution in [-0.2, 0) is 19.3 Å². The molecule has 0 spiro atoms. The minimum atomic E-state index is -0.461. The van der Waals surface area contributed by atoms with Crippen molar-refractivity contribution in [3.05, 3.63) is 92.1 Å². The van der Waals surface area contributed by atoms with Gasteiger partial charge < -0.3 is 4.57 Å². The Morgan fingerprint density at radius 3 is 2.54 bits per heavy atom. The summed E-state index contributed by atoms with van der Waals surface area (Å²) in [7, 11) is 1.62. The maximum absolute atomic E-state index is 12.6. The first-order chi connectivity index (χ1) is 13.5. The number of H-pyrrole nitrogens is 1. The third-order valence-corrected chi connectivity index (χ3v) is 5.65. The van der Waals surface area contributed by atoms with E-state index >= 15 is 0 Å². The summed E-state index contributed by atoms with van der Waals surface area (Å²) < 4.78 is 3.28. The Morgan fingerprint density at radius 1 is 1.04 bits per heavy atom. The molecule has 0 fully saturated rings. The van der Waals surface area contributed by atoms with Crippen molar-refractivity contribution in [3.63, 3.8) is 0 Å². The van der Waals surface area contributed by atoms with Crippen molar-refractivity contribution in [1.82, 2.24) is 19.1 Å². The molecule has 0 aliphatic heterocycles. The monoisotopic (exact) mass is 392 g/mol. The number of thioether (sulfide) groups is 1. The molecule has 0 aliphatic carbocycles. The lowest BCUT2D eigenvalue weighted by atomic mass is 10.2. The van der Waals surface area contributed by atoms with Gasteiger partial charge in [-0.3, -0.25) is 14.3 Å². The maximum atomic E-state index is 12.6. The highest BCUT2D eigenvalue weighted by Gasteiger charge is 2.18. The number of nitrogens with zero attached hydrogens (tertiary/aromatic N) is 3. The highest BCUT2D eigenvalue weighted by molar-refractivity contribution is 7.98. The molecule has 2 aromatic carbocycles. The van der Waals surface area contributed by atoms with E-state index in [1.165, 1.54) is 15.7 Å². The molecule has 142 valence electrons. The van der Waals surface area contributed by atoms with E-state index in [9.17, 15) is 9.59 Å². The molecule has 0 aliphatic rings. The maximum Gasteiger partial charge on any atom is 0.329 e. The number of aromatic amines is 1. The van der Waals surface area contributed by atoms with Crippen LogP contribution in [-0.4, -0.2) is 19.1 Å². The second kappa shape index (κ2) is 7.52. The SMILES string of the molecule is Cc1cccc(CSc2nc3c(c(=O)[nH]c(=O)n3C)n2Cc2ccccc2)c1. The summed E-state index contributed by atoms with van der Waals surface area (Å²) >= 11 is 1.56. The molecule has 0 unspecified atom stereocenters. The number of nitrogens with one attached hydrogen (secondary N) is 1. The van der Waals surface area contributed by atoms with Gasteiger partial charge in [-0.05, 0) is 18.1 Å². The summed E-state index contributed by atoms with van der Waals surface area (Å²) in [5.74, 6) is 0.728. The third kappa shape index (κ3) is 3.53. The van der Waals surface area contributed by atoms with E-state index in [2.05, 4.69) is 35.1 Å². The molecule has 0 amide bonds. The van der Waals surface area contributed by atoms with Crippen LogP contribution in [0, 0.1) is 6.92 Å². The summed E-state index contributed by atoms with van der Waals surface area (Å²) in [5, 5.41) is 0.715. The lowest BCUT2D eigenvalue weighted by Gasteiger charge is -2.09. The van der Waals surface area contributed by atoms with Crippen LogP contribution in [0.15, 0.2) is 69.3 Å². The van der Waals surface area contributed by atoms with Gasteiger partial charge in [0.25, 0.3) is 5.56 Å². The van der Waals surface area contributed by atoms with Crippen molar-refractivity contribution in [2.24, 2.45) is 7.05 Å². The molecule has 0 saturated heterocycles. The summed E-state index contributed by atoms with van der Waals surface area (Å²) in [5.41, 5.74) is 3.39. The topological polar surface area (TPSA) is 72.7 Å². The third-order valence-electron chi connectivity index (χ3n) is 4.61. The molecular weight excluding hydrogens is 372 g/mol. The van der Waals surface area contributed by atoms with Crippen molar-refractivity contribution in [3.8, 4) is 0 Å². The molecule has 0 atom stereocenters. The van der Waals surface area contributed by atoms with E-state index in [-0.39, 0.29) is 0 Å². The highest BCUT2D eigenvalue weighted by Crippen LogP contribution is 2.26. The largest absolute Gasteiger partial charge is 0.329 e. The van der Waals surface area contributed by atoms with Crippen molar-refractivity contribution in [2.45, 2.75) is 24.4 Å². The van der Waals surface area contributed by atoms with E-state index in [0.29, 0.717) is 22.9 Å². The zero-order valence-electron chi connectivity index (χ0n) is 15.7. The van der Waals surface area contributed by atoms with Gasteiger partial charge in [-0.2, -0.15) is 0 Å². The van der Waals surface area contributed by atoms with Gasteiger partial charge in [-0.1, -0.05) is 71.9 Å². The second-order valence-electron chi connectivity index (χ2n) is 6.73. The van der Waals surface area contributed by atoms with Gasteiger partial charge >= 0.3 is 5.69 Å². The summed E-state index contributed by atoms with van der Waals surface area (Å²) in [6, 6.07) is 18.2. The normalized spacial score (nSPS) is 11.2. The fraction of sp³-hybridized carbons (Fsp3) is 0.190. The van der Waals surface area contributed by atoms with Crippen molar-refractivity contribution in [1.29, 1.82) is 0 Å². The number of aryl methyl sites for hydroxylation is 2. The first-order valence-electron chi connectivity index (χ1n) is 8.95. The molecule has 6 nitrogen and oxygen atoms in total. The average molecular weight is 392 g/mol. The van der Waals surface area contributed by atoms with Gasteiger partial charge in [0.2, 0.25) is 0 Å². The molecule has 7 heteroatoms. The Bertz CT molecular complexity index is 1260. The van der Waals surface area contributed by atoms with Crippen LogP contribution in [0.2, 0.25) is 0 Å². The zero-order valence-corrected chi connectivity index (χ0v) is 16.5. The van der Waals surface area contributed by atoms with Crippen LogP contribution in [0.3, 0.4) is 0 Å². The Morgan fingerprint density at radius 2 is 1.79 bits per heavy atom. The fourth-order valence-electron chi connectivity index (χ4n) is 3.19. The minimum absolute atomic E-state index is 0.399. The number of benzene rings is 2. The van der Waals surface area contributed by atoms with Crippen molar-refractivity contribution < 1.29 is 0 Å². The molecular formula is C21H20N4O2S. The molecule has 0 saturated carbocycles. The number of aromatic nitrogens is 4. The van der Waals surface area contributed by atoms with Crippen LogP contribution >= 0.6 is 11.8 Å². The van der Waals surface area contributed by atoms with E-state index in [1.54, 1.807) is 18.8 Å². The zero-order chi connectivity index (χ0) is 19.7. The molecule has 4 rings (SSSR count). The van der Waals surface area contributed by atoms with Crippen molar-refractivity contribution in [2.75, 3.05) is 0 Å². The Balaban J connectivity index is 1.80. The van der Waals surface area contributed by atoms with Crippen LogP contribution in [0.1, 0.15) is 16.7 Å². The lowest BCUT2D eigenvalue weighted by molar-refractivity contribution is 0.728. The quantitative estimate of drug-likeness (QED) is 0.530. The molecule has 0 radical (unpaired) electrons. The predicted octanol–water partition coefficient (Wildman–Crippen LogP) is 3.07. The Hall–Kier alpha value is -3.06. The molecule has 2 aromatic heterocycles.